The molecule has 2 N–H and O–H groups in total. The van der Waals surface area contributed by atoms with Crippen LogP contribution in [-0.4, -0.2) is 24.5 Å². The quantitative estimate of drug-likeness (QED) is 0.873. The van der Waals surface area contributed by atoms with Crippen LogP contribution >= 0.6 is 0 Å². The molecule has 0 aliphatic heterocycles. The van der Waals surface area contributed by atoms with Crippen LogP contribution in [0.1, 0.15) is 38.4 Å². The molecule has 0 spiro atoms. The smallest absolute Gasteiger partial charge is 0.117 e. The van der Waals surface area contributed by atoms with Crippen LogP contribution in [0.4, 0.5) is 0 Å². The van der Waals surface area contributed by atoms with E-state index in [1.54, 1.807) is 6.26 Å². The van der Waals surface area contributed by atoms with E-state index in [9.17, 15) is 0 Å². The van der Waals surface area contributed by atoms with E-state index in [0.717, 1.165) is 30.7 Å². The highest BCUT2D eigenvalue weighted by Crippen LogP contribution is 2.32. The number of likely N-dealkylation sites (N-methyl/N-ethyl adjacent to an activating group) is 1. The normalized spacial score (nSPS) is 26.4. The fourth-order valence-corrected chi connectivity index (χ4v) is 3.17. The molecule has 1 aromatic rings. The third-order valence-electron chi connectivity index (χ3n) is 4.40. The molecule has 3 heteroatoms. The molecular weight excluding hydrogens is 224 g/mol. The Labute approximate surface area is 110 Å². The third kappa shape index (κ3) is 3.36. The Morgan fingerprint density at radius 1 is 1.39 bits per heavy atom. The lowest BCUT2D eigenvalue weighted by molar-refractivity contribution is 0.123. The maximum atomic E-state index is 6.00. The molecule has 2 rings (SSSR count). The number of hydrogen-bond donors (Lipinski definition) is 1. The summed E-state index contributed by atoms with van der Waals surface area (Å²) in [5.41, 5.74) is 6.00. The zero-order chi connectivity index (χ0) is 13.0. The van der Waals surface area contributed by atoms with Gasteiger partial charge in [-0.05, 0) is 43.9 Å². The Morgan fingerprint density at radius 2 is 2.11 bits per heavy atom. The average Bonchev–Trinajstić information content (AvgIpc) is 2.85. The average molecular weight is 250 g/mol. The van der Waals surface area contributed by atoms with Crippen molar-refractivity contribution in [2.45, 2.75) is 45.2 Å². The molecule has 1 atom stereocenters. The lowest BCUT2D eigenvalue weighted by atomic mass is 9.79. The maximum absolute atomic E-state index is 6.00. The summed E-state index contributed by atoms with van der Waals surface area (Å²) in [6, 6.07) is 4.47. The van der Waals surface area contributed by atoms with Crippen LogP contribution in [0, 0.1) is 11.8 Å². The Bertz CT molecular complexity index is 328. The van der Waals surface area contributed by atoms with Crippen LogP contribution in [-0.2, 0) is 6.54 Å². The molecule has 0 amide bonds. The van der Waals surface area contributed by atoms with Gasteiger partial charge in [-0.1, -0.05) is 19.8 Å². The summed E-state index contributed by atoms with van der Waals surface area (Å²) in [7, 11) is 2.16. The summed E-state index contributed by atoms with van der Waals surface area (Å²) < 4.78 is 5.42. The topological polar surface area (TPSA) is 42.4 Å². The van der Waals surface area contributed by atoms with Crippen molar-refractivity contribution in [3.8, 4) is 0 Å². The van der Waals surface area contributed by atoms with Gasteiger partial charge in [0.05, 0.1) is 12.8 Å². The van der Waals surface area contributed by atoms with E-state index in [2.05, 4.69) is 18.9 Å². The van der Waals surface area contributed by atoms with Crippen LogP contribution in [0.25, 0.3) is 0 Å². The molecule has 0 radical (unpaired) electrons. The first-order chi connectivity index (χ1) is 8.70. The molecule has 18 heavy (non-hydrogen) atoms. The zero-order valence-electron chi connectivity index (χ0n) is 11.6. The van der Waals surface area contributed by atoms with Gasteiger partial charge in [-0.15, -0.1) is 0 Å². The van der Waals surface area contributed by atoms with Crippen molar-refractivity contribution in [2.24, 2.45) is 17.6 Å². The van der Waals surface area contributed by atoms with Crippen LogP contribution < -0.4 is 5.73 Å². The lowest BCUT2D eigenvalue weighted by Gasteiger charge is -2.37. The summed E-state index contributed by atoms with van der Waals surface area (Å²) >= 11 is 0. The molecule has 3 nitrogen and oxygen atoms in total. The first kappa shape index (κ1) is 13.6. The molecule has 0 bridgehead atoms. The highest BCUT2D eigenvalue weighted by atomic mass is 16.3. The van der Waals surface area contributed by atoms with E-state index < -0.39 is 0 Å². The fourth-order valence-electron chi connectivity index (χ4n) is 3.17. The van der Waals surface area contributed by atoms with Crippen molar-refractivity contribution in [1.29, 1.82) is 0 Å². The summed E-state index contributed by atoms with van der Waals surface area (Å²) in [4.78, 5) is 2.36. The molecule has 1 unspecified atom stereocenters. The highest BCUT2D eigenvalue weighted by Gasteiger charge is 2.28. The van der Waals surface area contributed by atoms with Crippen molar-refractivity contribution in [3.05, 3.63) is 24.2 Å². The van der Waals surface area contributed by atoms with Gasteiger partial charge in [-0.2, -0.15) is 0 Å². The van der Waals surface area contributed by atoms with E-state index >= 15 is 0 Å². The Balaban J connectivity index is 1.91. The second kappa shape index (κ2) is 6.39. The Morgan fingerprint density at radius 3 is 2.67 bits per heavy atom. The summed E-state index contributed by atoms with van der Waals surface area (Å²) in [6.07, 6.45) is 7.10. The van der Waals surface area contributed by atoms with Crippen molar-refractivity contribution in [1.82, 2.24) is 4.90 Å². The van der Waals surface area contributed by atoms with Gasteiger partial charge in [0.15, 0.2) is 0 Å². The molecule has 1 aliphatic carbocycles. The number of nitrogens with two attached hydrogens (primary N) is 1. The summed E-state index contributed by atoms with van der Waals surface area (Å²) in [6.45, 7) is 3.97. The molecule has 1 heterocycles. The van der Waals surface area contributed by atoms with Crippen LogP contribution in [0.2, 0.25) is 0 Å². The first-order valence-corrected chi connectivity index (χ1v) is 7.13. The number of rotatable bonds is 5. The number of hydrogen-bond acceptors (Lipinski definition) is 3. The number of nitrogens with zero attached hydrogens (tertiary/aromatic N) is 1. The second-order valence-electron chi connectivity index (χ2n) is 5.82. The van der Waals surface area contributed by atoms with Gasteiger partial charge in [-0.3, -0.25) is 4.90 Å². The zero-order valence-corrected chi connectivity index (χ0v) is 11.6. The van der Waals surface area contributed by atoms with Crippen molar-refractivity contribution in [2.75, 3.05) is 13.6 Å². The van der Waals surface area contributed by atoms with Gasteiger partial charge in [0, 0.05) is 12.6 Å². The molecule has 0 saturated heterocycles. The van der Waals surface area contributed by atoms with Crippen molar-refractivity contribution in [3.63, 3.8) is 0 Å². The van der Waals surface area contributed by atoms with E-state index in [-0.39, 0.29) is 0 Å². The van der Waals surface area contributed by atoms with E-state index in [1.807, 2.05) is 12.1 Å². The first-order valence-electron chi connectivity index (χ1n) is 7.13. The molecule has 0 aromatic carbocycles. The molecule has 1 aromatic heterocycles. The van der Waals surface area contributed by atoms with E-state index in [4.69, 9.17) is 10.2 Å². The van der Waals surface area contributed by atoms with E-state index in [0.29, 0.717) is 6.04 Å². The van der Waals surface area contributed by atoms with Gasteiger partial charge in [0.2, 0.25) is 0 Å². The molecule has 102 valence electrons. The minimum Gasteiger partial charge on any atom is -0.468 e. The fraction of sp³-hybridized carbons (Fsp3) is 0.733. The number of furan rings is 1. The van der Waals surface area contributed by atoms with Crippen LogP contribution in [0.3, 0.4) is 0 Å². The van der Waals surface area contributed by atoms with Gasteiger partial charge in [0.1, 0.15) is 5.76 Å². The maximum Gasteiger partial charge on any atom is 0.117 e. The highest BCUT2D eigenvalue weighted by molar-refractivity contribution is 4.98. The molecule has 1 aliphatic rings. The molecular formula is C15H26N2O. The summed E-state index contributed by atoms with van der Waals surface area (Å²) in [5, 5.41) is 0. The van der Waals surface area contributed by atoms with Gasteiger partial charge >= 0.3 is 0 Å². The van der Waals surface area contributed by atoms with Gasteiger partial charge in [0.25, 0.3) is 0 Å². The Kier molecular flexibility index (Phi) is 4.84. The third-order valence-corrected chi connectivity index (χ3v) is 4.40. The minimum atomic E-state index is 0.489. The monoisotopic (exact) mass is 250 g/mol. The molecule has 1 fully saturated rings. The SMILES string of the molecule is CC1CCC(C(CN)N(C)Cc2ccco2)CC1. The summed E-state index contributed by atoms with van der Waals surface area (Å²) in [5.74, 6) is 2.68. The second-order valence-corrected chi connectivity index (χ2v) is 5.82. The van der Waals surface area contributed by atoms with Gasteiger partial charge in [-0.25, -0.2) is 0 Å². The van der Waals surface area contributed by atoms with E-state index in [1.165, 1.54) is 25.7 Å². The van der Waals surface area contributed by atoms with Crippen LogP contribution in [0.5, 0.6) is 0 Å². The van der Waals surface area contributed by atoms with Gasteiger partial charge < -0.3 is 10.2 Å². The van der Waals surface area contributed by atoms with Crippen LogP contribution in [0.15, 0.2) is 22.8 Å². The predicted molar refractivity (Wildman–Crippen MR) is 74.1 cm³/mol. The largest absolute Gasteiger partial charge is 0.468 e. The Hall–Kier alpha value is -0.800. The molecule has 1 saturated carbocycles. The lowest BCUT2D eigenvalue weighted by Crippen LogP contribution is -2.44. The predicted octanol–water partition coefficient (Wildman–Crippen LogP) is 2.87. The standard InChI is InChI=1S/C15H26N2O/c1-12-5-7-13(8-6-12)15(10-16)17(2)11-14-4-3-9-18-14/h3-4,9,12-13,15H,5-8,10-11,16H2,1-2H3. The van der Waals surface area contributed by atoms with Crippen molar-refractivity contribution < 1.29 is 4.42 Å². The minimum absolute atomic E-state index is 0.489. The van der Waals surface area contributed by atoms with Crippen molar-refractivity contribution >= 4 is 0 Å².